The van der Waals surface area contributed by atoms with Gasteiger partial charge in [0.1, 0.15) is 0 Å². The van der Waals surface area contributed by atoms with Crippen LogP contribution in [0.2, 0.25) is 0 Å². The molecule has 0 bridgehead atoms. The Morgan fingerprint density at radius 3 is 2.43 bits per heavy atom. The highest BCUT2D eigenvalue weighted by Gasteiger charge is 2.34. The van der Waals surface area contributed by atoms with Crippen LogP contribution in [0.1, 0.15) is 30.1 Å². The summed E-state index contributed by atoms with van der Waals surface area (Å²) in [6, 6.07) is 17.3. The molecule has 0 heterocycles. The van der Waals surface area contributed by atoms with E-state index in [4.69, 9.17) is 0 Å². The average molecular weight is 310 g/mol. The lowest BCUT2D eigenvalue weighted by atomic mass is 10.1. The Labute approximate surface area is 136 Å². The lowest BCUT2D eigenvalue weighted by Gasteiger charge is -2.25. The minimum Gasteiger partial charge on any atom is -0.387 e. The van der Waals surface area contributed by atoms with Crippen LogP contribution in [0.15, 0.2) is 54.6 Å². The van der Waals surface area contributed by atoms with Crippen molar-refractivity contribution in [3.63, 3.8) is 0 Å². The summed E-state index contributed by atoms with van der Waals surface area (Å²) in [5.74, 6) is 0. The first-order valence-corrected chi connectivity index (χ1v) is 8.01. The number of urea groups is 1. The van der Waals surface area contributed by atoms with Gasteiger partial charge in [0.05, 0.1) is 12.6 Å². The van der Waals surface area contributed by atoms with E-state index in [2.05, 4.69) is 5.32 Å². The van der Waals surface area contributed by atoms with Crippen LogP contribution in [0.4, 0.5) is 10.5 Å². The third-order valence-electron chi connectivity index (χ3n) is 4.11. The third-order valence-corrected chi connectivity index (χ3v) is 4.11. The van der Waals surface area contributed by atoms with Crippen LogP contribution in [0.3, 0.4) is 0 Å². The highest BCUT2D eigenvalue weighted by molar-refractivity contribution is 5.89. The van der Waals surface area contributed by atoms with Crippen molar-refractivity contribution in [1.82, 2.24) is 4.90 Å². The van der Waals surface area contributed by atoms with Gasteiger partial charge in [0.2, 0.25) is 0 Å². The molecule has 2 amide bonds. The summed E-state index contributed by atoms with van der Waals surface area (Å²) in [5, 5.41) is 13.3. The summed E-state index contributed by atoms with van der Waals surface area (Å²) in [4.78, 5) is 14.3. The number of benzene rings is 2. The Morgan fingerprint density at radius 1 is 1.17 bits per heavy atom. The van der Waals surface area contributed by atoms with Crippen molar-refractivity contribution < 1.29 is 9.90 Å². The fraction of sp³-hybridized carbons (Fsp3) is 0.316. The predicted molar refractivity (Wildman–Crippen MR) is 91.3 cm³/mol. The summed E-state index contributed by atoms with van der Waals surface area (Å²) in [5.41, 5.74) is 2.77. The molecule has 2 aromatic carbocycles. The minimum atomic E-state index is -0.666. The number of carbonyl (C=O) groups is 1. The molecule has 4 heteroatoms. The van der Waals surface area contributed by atoms with Crippen molar-refractivity contribution in [3.05, 3.63) is 65.7 Å². The van der Waals surface area contributed by atoms with E-state index in [1.165, 1.54) is 0 Å². The summed E-state index contributed by atoms with van der Waals surface area (Å²) in [7, 11) is 0. The molecule has 1 fully saturated rings. The molecular weight excluding hydrogens is 288 g/mol. The molecule has 2 aromatic rings. The molecule has 1 aliphatic rings. The van der Waals surface area contributed by atoms with Gasteiger partial charge in [0.25, 0.3) is 0 Å². The quantitative estimate of drug-likeness (QED) is 0.884. The van der Waals surface area contributed by atoms with Crippen molar-refractivity contribution in [3.8, 4) is 0 Å². The van der Waals surface area contributed by atoms with Crippen LogP contribution < -0.4 is 5.32 Å². The maximum atomic E-state index is 12.5. The van der Waals surface area contributed by atoms with E-state index in [1.54, 1.807) is 4.90 Å². The van der Waals surface area contributed by atoms with Crippen LogP contribution in [0.5, 0.6) is 0 Å². The second-order valence-corrected chi connectivity index (χ2v) is 6.11. The number of carbonyl (C=O) groups excluding carboxylic acids is 1. The summed E-state index contributed by atoms with van der Waals surface area (Å²) in [6.45, 7) is 2.32. The molecule has 0 spiro atoms. The number of rotatable bonds is 5. The molecule has 0 unspecified atom stereocenters. The molecule has 0 aromatic heterocycles. The van der Waals surface area contributed by atoms with Crippen LogP contribution in [0, 0.1) is 6.92 Å². The number of aliphatic hydroxyl groups excluding tert-OH is 1. The molecule has 1 atom stereocenters. The first-order valence-electron chi connectivity index (χ1n) is 8.01. The lowest BCUT2D eigenvalue weighted by molar-refractivity contribution is 0.123. The van der Waals surface area contributed by atoms with Crippen LogP contribution in [-0.2, 0) is 0 Å². The minimum absolute atomic E-state index is 0.147. The Kier molecular flexibility index (Phi) is 4.63. The van der Waals surface area contributed by atoms with Gasteiger partial charge in [-0.1, -0.05) is 48.0 Å². The van der Waals surface area contributed by atoms with Crippen LogP contribution in [-0.4, -0.2) is 28.6 Å². The van der Waals surface area contributed by atoms with Gasteiger partial charge in [-0.05, 0) is 37.5 Å². The molecule has 3 rings (SSSR count). The van der Waals surface area contributed by atoms with E-state index in [1.807, 2.05) is 61.5 Å². The van der Waals surface area contributed by atoms with E-state index < -0.39 is 6.10 Å². The monoisotopic (exact) mass is 310 g/mol. The second kappa shape index (κ2) is 6.84. The molecule has 120 valence electrons. The van der Waals surface area contributed by atoms with Crippen LogP contribution >= 0.6 is 0 Å². The molecule has 1 aliphatic carbocycles. The van der Waals surface area contributed by atoms with Gasteiger partial charge in [-0.3, -0.25) is 0 Å². The number of aliphatic hydroxyl groups is 1. The molecule has 23 heavy (non-hydrogen) atoms. The molecular formula is C19H22N2O2. The zero-order valence-electron chi connectivity index (χ0n) is 13.3. The van der Waals surface area contributed by atoms with E-state index in [9.17, 15) is 9.90 Å². The largest absolute Gasteiger partial charge is 0.387 e. The van der Waals surface area contributed by atoms with E-state index >= 15 is 0 Å². The highest BCUT2D eigenvalue weighted by Crippen LogP contribution is 2.29. The molecule has 2 N–H and O–H groups in total. The van der Waals surface area contributed by atoms with Gasteiger partial charge in [-0.25, -0.2) is 4.79 Å². The van der Waals surface area contributed by atoms with Gasteiger partial charge in [-0.15, -0.1) is 0 Å². The van der Waals surface area contributed by atoms with E-state index in [0.29, 0.717) is 6.54 Å². The topological polar surface area (TPSA) is 52.6 Å². The van der Waals surface area contributed by atoms with Crippen molar-refractivity contribution in [2.45, 2.75) is 31.9 Å². The Hall–Kier alpha value is -2.33. The first-order chi connectivity index (χ1) is 11.1. The summed E-state index contributed by atoms with van der Waals surface area (Å²) in [6.07, 6.45) is 1.34. The highest BCUT2D eigenvalue weighted by atomic mass is 16.3. The Bertz CT molecular complexity index is 651. The van der Waals surface area contributed by atoms with Gasteiger partial charge in [-0.2, -0.15) is 0 Å². The molecule has 1 saturated carbocycles. The van der Waals surface area contributed by atoms with Crippen molar-refractivity contribution >= 4 is 11.7 Å². The number of nitrogens with zero attached hydrogens (tertiary/aromatic N) is 1. The standard InChI is InChI=1S/C19H22N2O2/c1-14-7-9-16(10-8-14)20-19(23)21(17-11-12-17)13-18(22)15-5-3-2-4-6-15/h2-10,17-18,22H,11-13H2,1H3,(H,20,23)/t18-/m0/s1. The smallest absolute Gasteiger partial charge is 0.322 e. The summed E-state index contributed by atoms with van der Waals surface area (Å²) < 4.78 is 0. The zero-order valence-corrected chi connectivity index (χ0v) is 13.3. The fourth-order valence-electron chi connectivity index (χ4n) is 2.58. The Morgan fingerprint density at radius 2 is 1.83 bits per heavy atom. The number of hydrogen-bond donors (Lipinski definition) is 2. The molecule has 0 saturated heterocycles. The first kappa shape index (κ1) is 15.6. The zero-order chi connectivity index (χ0) is 16.2. The normalized spacial score (nSPS) is 15.0. The fourth-order valence-corrected chi connectivity index (χ4v) is 2.58. The predicted octanol–water partition coefficient (Wildman–Crippen LogP) is 3.72. The molecule has 4 nitrogen and oxygen atoms in total. The number of hydrogen-bond acceptors (Lipinski definition) is 2. The number of anilines is 1. The Balaban J connectivity index is 1.66. The van der Waals surface area contributed by atoms with E-state index in [-0.39, 0.29) is 12.1 Å². The maximum absolute atomic E-state index is 12.5. The van der Waals surface area contributed by atoms with Crippen molar-refractivity contribution in [2.75, 3.05) is 11.9 Å². The third kappa shape index (κ3) is 4.11. The van der Waals surface area contributed by atoms with E-state index in [0.717, 1.165) is 29.7 Å². The van der Waals surface area contributed by atoms with Gasteiger partial charge < -0.3 is 15.3 Å². The average Bonchev–Trinajstić information content (AvgIpc) is 3.40. The SMILES string of the molecule is Cc1ccc(NC(=O)N(C[C@H](O)c2ccccc2)C2CC2)cc1. The lowest BCUT2D eigenvalue weighted by Crippen LogP contribution is -2.39. The summed E-state index contributed by atoms with van der Waals surface area (Å²) >= 11 is 0. The van der Waals surface area contributed by atoms with Crippen LogP contribution in [0.25, 0.3) is 0 Å². The van der Waals surface area contributed by atoms with Gasteiger partial charge >= 0.3 is 6.03 Å². The maximum Gasteiger partial charge on any atom is 0.322 e. The number of amides is 2. The van der Waals surface area contributed by atoms with Crippen molar-refractivity contribution in [2.24, 2.45) is 0 Å². The molecule has 0 radical (unpaired) electrons. The molecule has 0 aliphatic heterocycles. The number of aryl methyl sites for hydroxylation is 1. The number of nitrogens with one attached hydrogen (secondary N) is 1. The van der Waals surface area contributed by atoms with Crippen molar-refractivity contribution in [1.29, 1.82) is 0 Å². The van der Waals surface area contributed by atoms with Gasteiger partial charge in [0, 0.05) is 11.7 Å². The second-order valence-electron chi connectivity index (χ2n) is 6.11. The van der Waals surface area contributed by atoms with Gasteiger partial charge in [0.15, 0.2) is 0 Å².